The Labute approximate surface area is 226 Å². The first kappa shape index (κ1) is 26.6. The van der Waals surface area contributed by atoms with Gasteiger partial charge in [-0.1, -0.05) is 18.0 Å². The van der Waals surface area contributed by atoms with E-state index >= 15 is 0 Å². The number of benzene rings is 1. The first-order chi connectivity index (χ1) is 18.3. The lowest BCUT2D eigenvalue weighted by molar-refractivity contribution is -0.127. The van der Waals surface area contributed by atoms with Gasteiger partial charge in [-0.25, -0.2) is 9.37 Å². The molecule has 204 valence electrons. The smallest absolute Gasteiger partial charge is 0.275 e. The minimum atomic E-state index is -0.722. The number of hydrogen-bond donors (Lipinski definition) is 2. The maximum atomic E-state index is 13.7. The third-order valence-electron chi connectivity index (χ3n) is 8.52. The number of amides is 3. The van der Waals surface area contributed by atoms with Gasteiger partial charge in [0.2, 0.25) is 5.91 Å². The number of piperidine rings is 1. The number of carbonyl (C=O) groups is 3. The van der Waals surface area contributed by atoms with Crippen LogP contribution in [0.3, 0.4) is 0 Å². The molecule has 0 unspecified atom stereocenters. The number of H-pyrrole nitrogens is 1. The maximum Gasteiger partial charge on any atom is 0.275 e. The number of carbonyl (C=O) groups excluding carboxylic acids is 3. The van der Waals surface area contributed by atoms with Crippen LogP contribution < -0.4 is 10.6 Å². The second-order valence-electron chi connectivity index (χ2n) is 10.7. The van der Waals surface area contributed by atoms with E-state index in [1.54, 1.807) is 11.0 Å². The zero-order chi connectivity index (χ0) is 26.9. The molecule has 0 bridgehead atoms. The van der Waals surface area contributed by atoms with Gasteiger partial charge < -0.3 is 25.4 Å². The molecule has 3 N–H and O–H groups in total. The number of rotatable bonds is 7. The average Bonchev–Trinajstić information content (AvgIpc) is 3.52. The van der Waals surface area contributed by atoms with Crippen LogP contribution in [0.5, 0.6) is 0 Å². The molecule has 3 heterocycles. The lowest BCUT2D eigenvalue weighted by atomic mass is 9.71. The van der Waals surface area contributed by atoms with E-state index < -0.39 is 17.1 Å². The van der Waals surface area contributed by atoms with E-state index in [0.29, 0.717) is 50.9 Å². The molecule has 0 radical (unpaired) electrons. The summed E-state index contributed by atoms with van der Waals surface area (Å²) in [5, 5.41) is 0.225. The molecule has 2 aliphatic heterocycles. The first-order valence-corrected chi connectivity index (χ1v) is 13.8. The van der Waals surface area contributed by atoms with E-state index in [1.807, 2.05) is 4.90 Å². The molecule has 2 saturated heterocycles. The molecule has 11 heteroatoms. The van der Waals surface area contributed by atoms with Crippen LogP contribution in [0.1, 0.15) is 72.3 Å². The summed E-state index contributed by atoms with van der Waals surface area (Å²) in [5.74, 6) is -1.46. The van der Waals surface area contributed by atoms with Gasteiger partial charge in [-0.3, -0.25) is 14.4 Å². The van der Waals surface area contributed by atoms with Gasteiger partial charge in [0.25, 0.3) is 11.8 Å². The fourth-order valence-electron chi connectivity index (χ4n) is 6.34. The van der Waals surface area contributed by atoms with Crippen molar-refractivity contribution in [1.29, 1.82) is 0 Å². The number of nitrogens with zero attached hydrogens (tertiary/aromatic N) is 4. The first-order valence-electron chi connectivity index (χ1n) is 13.4. The monoisotopic (exact) mass is 544 g/mol. The van der Waals surface area contributed by atoms with Crippen LogP contribution in [0.2, 0.25) is 5.02 Å². The van der Waals surface area contributed by atoms with Crippen LogP contribution in [-0.2, 0) is 4.79 Å². The summed E-state index contributed by atoms with van der Waals surface area (Å²) in [6, 6.07) is 4.03. The fourth-order valence-corrected chi connectivity index (χ4v) is 6.61. The molecule has 3 aliphatic rings. The van der Waals surface area contributed by atoms with Crippen LogP contribution in [0.15, 0.2) is 24.5 Å². The molecule has 1 aromatic carbocycles. The Kier molecular flexibility index (Phi) is 7.72. The summed E-state index contributed by atoms with van der Waals surface area (Å²) >= 11 is 6.26. The number of imidazole rings is 1. The Bertz CT molecular complexity index is 1210. The van der Waals surface area contributed by atoms with Crippen molar-refractivity contribution in [2.24, 2.45) is 11.1 Å². The summed E-state index contributed by atoms with van der Waals surface area (Å²) in [4.78, 5) is 51.9. The lowest BCUT2D eigenvalue weighted by Gasteiger charge is -2.41. The third-order valence-corrected chi connectivity index (χ3v) is 8.82. The molecule has 5 rings (SSSR count). The van der Waals surface area contributed by atoms with Gasteiger partial charge in [0.15, 0.2) is 5.69 Å². The maximum absolute atomic E-state index is 13.7. The van der Waals surface area contributed by atoms with E-state index in [2.05, 4.69) is 14.9 Å². The van der Waals surface area contributed by atoms with Gasteiger partial charge >= 0.3 is 0 Å². The number of hydrogen-bond acceptors (Lipinski definition) is 5. The minimum absolute atomic E-state index is 0.0129. The molecule has 3 fully saturated rings. The Hall–Kier alpha value is -2.98. The molecule has 1 aromatic heterocycles. The van der Waals surface area contributed by atoms with Crippen molar-refractivity contribution in [2.45, 2.75) is 57.4 Å². The number of anilines is 1. The molecule has 1 aliphatic carbocycles. The minimum Gasteiger partial charge on any atom is -0.364 e. The van der Waals surface area contributed by atoms with Crippen molar-refractivity contribution in [1.82, 2.24) is 19.8 Å². The second kappa shape index (κ2) is 11.0. The van der Waals surface area contributed by atoms with Gasteiger partial charge in [-0.15, -0.1) is 0 Å². The summed E-state index contributed by atoms with van der Waals surface area (Å²) in [5.41, 5.74) is 5.56. The molecule has 9 nitrogen and oxygen atoms in total. The molecular formula is C27H34ClFN6O3. The number of nitrogens with two attached hydrogens (primary N) is 1. The summed E-state index contributed by atoms with van der Waals surface area (Å²) in [6.45, 7) is 3.83. The van der Waals surface area contributed by atoms with Gasteiger partial charge in [-0.2, -0.15) is 0 Å². The molecule has 3 amide bonds. The Balaban J connectivity index is 1.31. The van der Waals surface area contributed by atoms with Gasteiger partial charge in [0.05, 0.1) is 22.5 Å². The van der Waals surface area contributed by atoms with Crippen LogP contribution in [0.4, 0.5) is 10.1 Å². The predicted molar refractivity (Wildman–Crippen MR) is 142 cm³/mol. The van der Waals surface area contributed by atoms with E-state index in [1.165, 1.54) is 24.9 Å². The largest absolute Gasteiger partial charge is 0.364 e. The van der Waals surface area contributed by atoms with Crippen LogP contribution in [0.25, 0.3) is 0 Å². The highest BCUT2D eigenvalue weighted by atomic mass is 35.5. The highest BCUT2D eigenvalue weighted by Crippen LogP contribution is 2.48. The molecule has 2 aromatic rings. The van der Waals surface area contributed by atoms with Crippen molar-refractivity contribution in [3.63, 3.8) is 0 Å². The van der Waals surface area contributed by atoms with Gasteiger partial charge in [0, 0.05) is 25.7 Å². The average molecular weight is 545 g/mol. The number of nitrogens with one attached hydrogen (secondary N) is 1. The fraction of sp³-hybridized carbons (Fsp3) is 0.556. The van der Waals surface area contributed by atoms with Crippen LogP contribution in [0, 0.1) is 11.2 Å². The highest BCUT2D eigenvalue weighted by Gasteiger charge is 2.50. The van der Waals surface area contributed by atoms with E-state index in [4.69, 9.17) is 17.3 Å². The van der Waals surface area contributed by atoms with Crippen LogP contribution >= 0.6 is 11.6 Å². The van der Waals surface area contributed by atoms with Crippen molar-refractivity contribution >= 4 is 35.0 Å². The zero-order valence-electron chi connectivity index (χ0n) is 21.4. The van der Waals surface area contributed by atoms with E-state index in [9.17, 15) is 18.8 Å². The number of primary amides is 1. The number of likely N-dealkylation sites (tertiary alicyclic amines) is 1. The van der Waals surface area contributed by atoms with Gasteiger partial charge in [0.1, 0.15) is 11.5 Å². The standard InChI is InChI=1S/C27H34ClFN6O3/c28-20-16-18(29)4-5-21(20)35-13-10-27(26(35)38)8-6-19(7-9-27)34(15-14-33-11-2-1-3-12-33)25(37)23-22(24(30)36)31-17-32-23/h4-5,16-17,19H,1-3,6-15H2,(H2,30,36)(H,31,32)/t19-,27-. The number of aromatic nitrogens is 2. The zero-order valence-corrected chi connectivity index (χ0v) is 22.2. The lowest BCUT2D eigenvalue weighted by Crippen LogP contribution is -2.49. The van der Waals surface area contributed by atoms with Crippen molar-refractivity contribution < 1.29 is 18.8 Å². The summed E-state index contributed by atoms with van der Waals surface area (Å²) in [7, 11) is 0. The Morgan fingerprint density at radius 2 is 1.89 bits per heavy atom. The predicted octanol–water partition coefficient (Wildman–Crippen LogP) is 3.60. The number of halogens is 2. The molecule has 1 spiro atoms. The normalized spacial score (nSPS) is 24.2. The number of aromatic amines is 1. The van der Waals surface area contributed by atoms with Gasteiger partial charge in [-0.05, 0) is 76.2 Å². The quantitative estimate of drug-likeness (QED) is 0.552. The molecule has 1 saturated carbocycles. The SMILES string of the molecule is NC(=O)c1[nH]cnc1C(=O)N(CCN1CCCCC1)[C@H]1CC[C@@]2(CCN(c3ccc(F)cc3Cl)C2=O)CC1. The van der Waals surface area contributed by atoms with Crippen molar-refractivity contribution in [3.8, 4) is 0 Å². The summed E-state index contributed by atoms with van der Waals surface area (Å²) < 4.78 is 13.6. The van der Waals surface area contributed by atoms with E-state index in [0.717, 1.165) is 32.5 Å². The molecule has 0 atom stereocenters. The Morgan fingerprint density at radius 1 is 1.16 bits per heavy atom. The summed E-state index contributed by atoms with van der Waals surface area (Å²) in [6.07, 6.45) is 8.16. The third kappa shape index (κ3) is 5.16. The highest BCUT2D eigenvalue weighted by molar-refractivity contribution is 6.34. The Morgan fingerprint density at radius 3 is 2.58 bits per heavy atom. The van der Waals surface area contributed by atoms with Crippen LogP contribution in [-0.4, -0.2) is 76.3 Å². The van der Waals surface area contributed by atoms with E-state index in [-0.39, 0.29) is 34.3 Å². The van der Waals surface area contributed by atoms with Crippen molar-refractivity contribution in [3.05, 3.63) is 46.8 Å². The second-order valence-corrected chi connectivity index (χ2v) is 11.1. The molecule has 38 heavy (non-hydrogen) atoms. The topological polar surface area (TPSA) is 116 Å². The molecular weight excluding hydrogens is 511 g/mol. The van der Waals surface area contributed by atoms with Crippen molar-refractivity contribution in [2.75, 3.05) is 37.6 Å².